The average Bonchev–Trinajstić information content (AvgIpc) is 2.71. The number of nitrogens with zero attached hydrogens (tertiary/aromatic N) is 3. The van der Waals surface area contributed by atoms with Gasteiger partial charge in [-0.05, 0) is 22.0 Å². The molecule has 2 rings (SSSR count). The number of hydrogen-bond donors (Lipinski definition) is 0. The topological polar surface area (TPSA) is 30.7 Å². The standard InChI is InChI=1S/C9H5Br2F2N3/c10-3-5-4-16(15-14-5)9-2-7(12)6(11)1-8(9)13/h1-2,4H,3H2. The van der Waals surface area contributed by atoms with E-state index in [9.17, 15) is 8.78 Å². The molecule has 0 spiro atoms. The van der Waals surface area contributed by atoms with Gasteiger partial charge in [0.15, 0.2) is 0 Å². The van der Waals surface area contributed by atoms with Gasteiger partial charge in [0.1, 0.15) is 17.3 Å². The number of halogens is 4. The van der Waals surface area contributed by atoms with Crippen LogP contribution in [0.3, 0.4) is 0 Å². The Morgan fingerprint density at radius 1 is 1.25 bits per heavy atom. The second-order valence-electron chi connectivity index (χ2n) is 3.01. The van der Waals surface area contributed by atoms with Crippen LogP contribution >= 0.6 is 31.9 Å². The SMILES string of the molecule is Fc1cc(-n2cc(CBr)nn2)c(F)cc1Br. The Hall–Kier alpha value is -0.820. The molecular weight excluding hydrogens is 348 g/mol. The average molecular weight is 353 g/mol. The second kappa shape index (κ2) is 4.58. The van der Waals surface area contributed by atoms with E-state index in [4.69, 9.17) is 0 Å². The van der Waals surface area contributed by atoms with E-state index in [0.29, 0.717) is 11.0 Å². The summed E-state index contributed by atoms with van der Waals surface area (Å²) in [5.74, 6) is -1.12. The van der Waals surface area contributed by atoms with Crippen LogP contribution in [0.1, 0.15) is 5.69 Å². The zero-order valence-corrected chi connectivity index (χ0v) is 11.0. The van der Waals surface area contributed by atoms with Gasteiger partial charge in [0, 0.05) is 11.4 Å². The lowest BCUT2D eigenvalue weighted by Gasteiger charge is -2.03. The Labute approximate surface area is 107 Å². The second-order valence-corrected chi connectivity index (χ2v) is 4.42. The third-order valence-electron chi connectivity index (χ3n) is 1.91. The van der Waals surface area contributed by atoms with E-state index < -0.39 is 11.6 Å². The lowest BCUT2D eigenvalue weighted by molar-refractivity contribution is 0.579. The summed E-state index contributed by atoms with van der Waals surface area (Å²) in [5, 5.41) is 7.98. The third kappa shape index (κ3) is 2.15. The molecule has 0 aliphatic heterocycles. The van der Waals surface area contributed by atoms with Crippen molar-refractivity contribution in [2.75, 3.05) is 0 Å². The molecule has 16 heavy (non-hydrogen) atoms. The van der Waals surface area contributed by atoms with Crippen LogP contribution in [0, 0.1) is 11.6 Å². The van der Waals surface area contributed by atoms with Gasteiger partial charge in [-0.25, -0.2) is 13.5 Å². The van der Waals surface area contributed by atoms with E-state index in [1.165, 1.54) is 10.9 Å². The first kappa shape index (κ1) is 11.7. The highest BCUT2D eigenvalue weighted by molar-refractivity contribution is 9.10. The molecular formula is C9H5Br2F2N3. The minimum absolute atomic E-state index is 0.0281. The highest BCUT2D eigenvalue weighted by Gasteiger charge is 2.11. The van der Waals surface area contributed by atoms with Crippen molar-refractivity contribution in [3.8, 4) is 5.69 Å². The van der Waals surface area contributed by atoms with Crippen molar-refractivity contribution in [2.45, 2.75) is 5.33 Å². The molecule has 0 N–H and O–H groups in total. The van der Waals surface area contributed by atoms with E-state index in [0.717, 1.165) is 12.1 Å². The monoisotopic (exact) mass is 351 g/mol. The minimum atomic E-state index is -0.570. The van der Waals surface area contributed by atoms with Crippen molar-refractivity contribution in [3.05, 3.63) is 40.1 Å². The predicted molar refractivity (Wildman–Crippen MR) is 61.6 cm³/mol. The fourth-order valence-electron chi connectivity index (χ4n) is 1.17. The normalized spacial score (nSPS) is 10.8. The molecule has 0 fully saturated rings. The van der Waals surface area contributed by atoms with Crippen molar-refractivity contribution in [1.29, 1.82) is 0 Å². The van der Waals surface area contributed by atoms with Crippen LogP contribution in [0.25, 0.3) is 5.69 Å². The molecule has 0 unspecified atom stereocenters. The Morgan fingerprint density at radius 3 is 2.62 bits per heavy atom. The molecule has 1 aromatic carbocycles. The molecule has 7 heteroatoms. The molecule has 1 heterocycles. The summed E-state index contributed by atoms with van der Waals surface area (Å²) in [4.78, 5) is 0. The number of hydrogen-bond acceptors (Lipinski definition) is 2. The van der Waals surface area contributed by atoms with Crippen LogP contribution in [-0.2, 0) is 5.33 Å². The zero-order valence-electron chi connectivity index (χ0n) is 7.79. The van der Waals surface area contributed by atoms with Crippen LogP contribution in [-0.4, -0.2) is 15.0 Å². The van der Waals surface area contributed by atoms with Crippen molar-refractivity contribution >= 4 is 31.9 Å². The first-order chi connectivity index (χ1) is 7.61. The third-order valence-corrected chi connectivity index (χ3v) is 3.10. The summed E-state index contributed by atoms with van der Waals surface area (Å²) in [5.41, 5.74) is 0.670. The van der Waals surface area contributed by atoms with Crippen LogP contribution in [0.15, 0.2) is 22.8 Å². The highest BCUT2D eigenvalue weighted by Crippen LogP contribution is 2.22. The summed E-state index contributed by atoms with van der Waals surface area (Å²) in [7, 11) is 0. The number of aromatic nitrogens is 3. The fraction of sp³-hybridized carbons (Fsp3) is 0.111. The summed E-state index contributed by atoms with van der Waals surface area (Å²) in [6, 6.07) is 2.12. The minimum Gasteiger partial charge on any atom is -0.217 e. The van der Waals surface area contributed by atoms with Gasteiger partial charge in [0.25, 0.3) is 0 Å². The molecule has 1 aromatic heterocycles. The lowest BCUT2D eigenvalue weighted by Crippen LogP contribution is -2.00. The van der Waals surface area contributed by atoms with Gasteiger partial charge in [-0.1, -0.05) is 21.1 Å². The predicted octanol–water partition coefficient (Wildman–Crippen LogP) is 3.20. The van der Waals surface area contributed by atoms with Crippen molar-refractivity contribution in [3.63, 3.8) is 0 Å². The van der Waals surface area contributed by atoms with E-state index in [1.54, 1.807) is 0 Å². The summed E-state index contributed by atoms with van der Waals surface area (Å²) >= 11 is 6.10. The number of benzene rings is 1. The van der Waals surface area contributed by atoms with E-state index in [2.05, 4.69) is 42.2 Å². The van der Waals surface area contributed by atoms with Crippen LogP contribution in [0.5, 0.6) is 0 Å². The molecule has 2 aromatic rings. The molecule has 84 valence electrons. The molecule has 0 amide bonds. The summed E-state index contributed by atoms with van der Waals surface area (Å²) < 4.78 is 28.1. The van der Waals surface area contributed by atoms with Crippen LogP contribution in [0.2, 0.25) is 0 Å². The smallest absolute Gasteiger partial charge is 0.150 e. The molecule has 0 radical (unpaired) electrons. The Bertz CT molecular complexity index is 527. The molecule has 0 aliphatic rings. The molecule has 0 bridgehead atoms. The Morgan fingerprint density at radius 2 is 2.00 bits per heavy atom. The van der Waals surface area contributed by atoms with E-state index in [1.807, 2.05) is 0 Å². The molecule has 0 saturated heterocycles. The lowest BCUT2D eigenvalue weighted by atomic mass is 10.3. The molecule has 0 aliphatic carbocycles. The maximum absolute atomic E-state index is 13.5. The maximum Gasteiger partial charge on any atom is 0.150 e. The highest BCUT2D eigenvalue weighted by atomic mass is 79.9. The molecule has 0 saturated carbocycles. The Kier molecular flexibility index (Phi) is 3.34. The van der Waals surface area contributed by atoms with Gasteiger partial charge in [-0.2, -0.15) is 0 Å². The molecule has 0 atom stereocenters. The largest absolute Gasteiger partial charge is 0.217 e. The quantitative estimate of drug-likeness (QED) is 0.613. The maximum atomic E-state index is 13.5. The van der Waals surface area contributed by atoms with Gasteiger partial charge < -0.3 is 0 Å². The number of rotatable bonds is 2. The Balaban J connectivity index is 2.51. The van der Waals surface area contributed by atoms with E-state index >= 15 is 0 Å². The van der Waals surface area contributed by atoms with Crippen molar-refractivity contribution < 1.29 is 8.78 Å². The first-order valence-corrected chi connectivity index (χ1v) is 6.15. The van der Waals surface area contributed by atoms with Crippen molar-refractivity contribution in [2.24, 2.45) is 0 Å². The van der Waals surface area contributed by atoms with Crippen LogP contribution < -0.4 is 0 Å². The number of alkyl halides is 1. The van der Waals surface area contributed by atoms with Gasteiger partial charge in [-0.15, -0.1) is 5.10 Å². The van der Waals surface area contributed by atoms with Crippen molar-refractivity contribution in [1.82, 2.24) is 15.0 Å². The fourth-order valence-corrected chi connectivity index (χ4v) is 1.74. The summed E-state index contributed by atoms with van der Waals surface area (Å²) in [6.07, 6.45) is 1.53. The van der Waals surface area contributed by atoms with Gasteiger partial charge >= 0.3 is 0 Å². The van der Waals surface area contributed by atoms with E-state index in [-0.39, 0.29) is 10.2 Å². The van der Waals surface area contributed by atoms with Gasteiger partial charge in [-0.3, -0.25) is 0 Å². The van der Waals surface area contributed by atoms with Gasteiger partial charge in [0.2, 0.25) is 0 Å². The molecule has 3 nitrogen and oxygen atoms in total. The van der Waals surface area contributed by atoms with Gasteiger partial charge in [0.05, 0.1) is 16.4 Å². The zero-order chi connectivity index (χ0) is 11.7. The summed E-state index contributed by atoms with van der Waals surface area (Å²) in [6.45, 7) is 0. The first-order valence-electron chi connectivity index (χ1n) is 4.24. The van der Waals surface area contributed by atoms with Crippen LogP contribution in [0.4, 0.5) is 8.78 Å².